The Kier molecular flexibility index (Phi) is 4.01. The number of benzene rings is 1. The van der Waals surface area contributed by atoms with Crippen LogP contribution < -0.4 is 4.48 Å². The van der Waals surface area contributed by atoms with Gasteiger partial charge in [0, 0.05) is 40.9 Å². The highest BCUT2D eigenvalue weighted by atomic mass is 32.2. The molecule has 1 atom stereocenters. The lowest BCUT2D eigenvalue weighted by Gasteiger charge is -2.11. The van der Waals surface area contributed by atoms with E-state index in [1.54, 1.807) is 23.6 Å². The molecule has 0 N–H and O–H groups in total. The second-order valence-corrected chi connectivity index (χ2v) is 9.17. The topological polar surface area (TPSA) is 59.9 Å². The largest absolute Gasteiger partial charge is 0.385 e. The van der Waals surface area contributed by atoms with E-state index in [2.05, 4.69) is 30.1 Å². The van der Waals surface area contributed by atoms with Gasteiger partial charge in [-0.15, -0.1) is 11.3 Å². The summed E-state index contributed by atoms with van der Waals surface area (Å²) in [6.45, 7) is 5.53. The third-order valence-corrected chi connectivity index (χ3v) is 7.59. The number of thiazole rings is 1. The Hall–Kier alpha value is -2.35. The SMILES string of the molecule is CC(=O)c1ccc(-c2csc(C(C)c3ccc4c(c3)SC(=O)[N+]43CC3)n2)nc1. The van der Waals surface area contributed by atoms with Gasteiger partial charge in [0.25, 0.3) is 0 Å². The van der Waals surface area contributed by atoms with Gasteiger partial charge in [0.2, 0.25) is 0 Å². The van der Waals surface area contributed by atoms with E-state index < -0.39 is 0 Å². The molecule has 5 rings (SSSR count). The van der Waals surface area contributed by atoms with E-state index in [9.17, 15) is 9.59 Å². The van der Waals surface area contributed by atoms with Gasteiger partial charge in [-0.2, -0.15) is 0 Å². The van der Waals surface area contributed by atoms with Crippen LogP contribution in [0.25, 0.3) is 11.4 Å². The van der Waals surface area contributed by atoms with E-state index in [0.717, 1.165) is 40.1 Å². The number of ketones is 1. The van der Waals surface area contributed by atoms with Crippen LogP contribution in [0.1, 0.15) is 40.7 Å². The fourth-order valence-electron chi connectivity index (χ4n) is 3.54. The average molecular weight is 409 g/mol. The van der Waals surface area contributed by atoms with Crippen LogP contribution in [0.2, 0.25) is 0 Å². The monoisotopic (exact) mass is 408 g/mol. The van der Waals surface area contributed by atoms with E-state index >= 15 is 0 Å². The molecule has 2 aromatic heterocycles. The fraction of sp³-hybridized carbons (Fsp3) is 0.238. The van der Waals surface area contributed by atoms with Gasteiger partial charge in [-0.1, -0.05) is 13.0 Å². The molecule has 0 bridgehead atoms. The summed E-state index contributed by atoms with van der Waals surface area (Å²) < 4.78 is 0.526. The summed E-state index contributed by atoms with van der Waals surface area (Å²) in [7, 11) is 0. The molecule has 1 amide bonds. The molecule has 0 saturated carbocycles. The predicted octanol–water partition coefficient (Wildman–Crippen LogP) is 5.11. The highest BCUT2D eigenvalue weighted by Crippen LogP contribution is 2.51. The number of thioether (sulfide) groups is 1. The van der Waals surface area contributed by atoms with Crippen molar-refractivity contribution in [3.63, 3.8) is 0 Å². The number of fused-ring (bicyclic) bond motifs is 2. The predicted molar refractivity (Wildman–Crippen MR) is 112 cm³/mol. The van der Waals surface area contributed by atoms with Crippen LogP contribution in [0.4, 0.5) is 10.5 Å². The van der Waals surface area contributed by atoms with Crippen molar-refractivity contribution in [2.45, 2.75) is 24.7 Å². The molecule has 1 unspecified atom stereocenters. The van der Waals surface area contributed by atoms with Gasteiger partial charge in [-0.05, 0) is 30.7 Å². The smallest absolute Gasteiger partial charge is 0.294 e. The summed E-state index contributed by atoms with van der Waals surface area (Å²) in [5.74, 6) is 0.144. The van der Waals surface area contributed by atoms with Crippen LogP contribution in [-0.2, 0) is 0 Å². The molecule has 7 heteroatoms. The Balaban J connectivity index is 1.41. The maximum absolute atomic E-state index is 12.3. The van der Waals surface area contributed by atoms with Gasteiger partial charge < -0.3 is 0 Å². The molecule has 5 nitrogen and oxygen atoms in total. The molecule has 2 aliphatic rings. The van der Waals surface area contributed by atoms with E-state index in [4.69, 9.17) is 4.98 Å². The molecule has 2 aliphatic heterocycles. The number of hydrogen-bond acceptors (Lipinski definition) is 6. The number of carbonyl (C=O) groups excluding carboxylic acids is 2. The number of nitrogens with zero attached hydrogens (tertiary/aromatic N) is 3. The molecule has 28 heavy (non-hydrogen) atoms. The lowest BCUT2D eigenvalue weighted by molar-refractivity contribution is 0.101. The van der Waals surface area contributed by atoms with Gasteiger partial charge in [0.1, 0.15) is 18.1 Å². The third-order valence-electron chi connectivity index (χ3n) is 5.49. The lowest BCUT2D eigenvalue weighted by Crippen LogP contribution is -2.25. The van der Waals surface area contributed by atoms with Gasteiger partial charge in [0.05, 0.1) is 16.3 Å². The van der Waals surface area contributed by atoms with E-state index in [1.165, 1.54) is 24.2 Å². The fourth-order valence-corrected chi connectivity index (χ4v) is 5.62. The second kappa shape index (κ2) is 6.34. The zero-order chi connectivity index (χ0) is 19.5. The second-order valence-electron chi connectivity index (χ2n) is 7.29. The molecule has 3 aromatic rings. The van der Waals surface area contributed by atoms with Gasteiger partial charge in [0.15, 0.2) is 11.5 Å². The van der Waals surface area contributed by atoms with Gasteiger partial charge >= 0.3 is 5.24 Å². The first-order valence-corrected chi connectivity index (χ1v) is 10.8. The summed E-state index contributed by atoms with van der Waals surface area (Å²) in [4.78, 5) is 33.9. The Morgan fingerprint density at radius 3 is 2.68 bits per heavy atom. The molecular weight excluding hydrogens is 390 g/mol. The summed E-state index contributed by atoms with van der Waals surface area (Å²) in [5.41, 5.74) is 4.51. The number of Topliss-reactive ketones (excluding diaryl/α,β-unsaturated/α-hetero) is 1. The van der Waals surface area contributed by atoms with Gasteiger partial charge in [-0.3, -0.25) is 9.78 Å². The van der Waals surface area contributed by atoms with Crippen LogP contribution in [0.15, 0.2) is 46.8 Å². The van der Waals surface area contributed by atoms with E-state index in [1.807, 2.05) is 11.4 Å². The summed E-state index contributed by atoms with van der Waals surface area (Å²) in [6, 6.07) is 10.0. The third kappa shape index (κ3) is 2.73. The first-order chi connectivity index (χ1) is 13.5. The number of carbonyl (C=O) groups is 2. The van der Waals surface area contributed by atoms with Gasteiger partial charge in [-0.25, -0.2) is 14.3 Å². The molecule has 4 heterocycles. The zero-order valence-corrected chi connectivity index (χ0v) is 17.1. The molecule has 0 aliphatic carbocycles. The first kappa shape index (κ1) is 17.7. The quantitative estimate of drug-likeness (QED) is 0.341. The van der Waals surface area contributed by atoms with Crippen molar-refractivity contribution < 1.29 is 9.59 Å². The minimum atomic E-state index is 0.00574. The highest BCUT2D eigenvalue weighted by Gasteiger charge is 2.58. The molecule has 1 aromatic carbocycles. The van der Waals surface area contributed by atoms with Crippen LogP contribution in [0.5, 0.6) is 0 Å². The maximum atomic E-state index is 12.3. The average Bonchev–Trinajstić information content (AvgIpc) is 3.27. The van der Waals surface area contributed by atoms with E-state index in [0.29, 0.717) is 10.0 Å². The van der Waals surface area contributed by atoms with Crippen molar-refractivity contribution in [2.24, 2.45) is 0 Å². The number of quaternary nitrogens is 1. The summed E-state index contributed by atoms with van der Waals surface area (Å²) in [6.07, 6.45) is 1.60. The standard InChI is InChI=1S/C21H18N3O2S2/c1-12(14-4-6-18-19(9-14)28-21(26)24(18)7-8-24)20-23-17(11-27-20)16-5-3-15(10-22-16)13(2)25/h3-6,9-12H,7-8H2,1-2H3/q+1. The number of hydrogen-bond donors (Lipinski definition) is 0. The number of amides is 1. The first-order valence-electron chi connectivity index (χ1n) is 9.15. The van der Waals surface area contributed by atoms with Crippen molar-refractivity contribution in [2.75, 3.05) is 13.1 Å². The maximum Gasteiger partial charge on any atom is 0.385 e. The number of rotatable bonds is 4. The summed E-state index contributed by atoms with van der Waals surface area (Å²) >= 11 is 2.98. The Morgan fingerprint density at radius 1 is 1.18 bits per heavy atom. The van der Waals surface area contributed by atoms with Crippen LogP contribution in [0, 0.1) is 0 Å². The van der Waals surface area contributed by atoms with Crippen molar-refractivity contribution in [1.82, 2.24) is 14.5 Å². The molecule has 1 saturated heterocycles. The Labute approximate surface area is 171 Å². The molecular formula is C21H18N3O2S2+. The minimum Gasteiger partial charge on any atom is -0.294 e. The van der Waals surface area contributed by atoms with Crippen molar-refractivity contribution in [3.8, 4) is 11.4 Å². The number of aromatic nitrogens is 2. The van der Waals surface area contributed by atoms with Crippen molar-refractivity contribution in [3.05, 3.63) is 58.0 Å². The van der Waals surface area contributed by atoms with Crippen molar-refractivity contribution >= 4 is 39.8 Å². The van der Waals surface area contributed by atoms with Crippen LogP contribution in [-0.4, -0.2) is 34.1 Å². The zero-order valence-electron chi connectivity index (χ0n) is 15.5. The Bertz CT molecular complexity index is 1120. The minimum absolute atomic E-state index is 0.00574. The van der Waals surface area contributed by atoms with Crippen LogP contribution >= 0.6 is 23.1 Å². The van der Waals surface area contributed by atoms with Crippen molar-refractivity contribution in [1.29, 1.82) is 0 Å². The van der Waals surface area contributed by atoms with E-state index in [-0.39, 0.29) is 16.9 Å². The number of pyridine rings is 1. The molecule has 140 valence electrons. The lowest BCUT2D eigenvalue weighted by atomic mass is 10.0. The van der Waals surface area contributed by atoms with Crippen LogP contribution in [0.3, 0.4) is 0 Å². The normalized spacial score (nSPS) is 17.6. The highest BCUT2D eigenvalue weighted by molar-refractivity contribution is 8.14. The molecule has 1 fully saturated rings. The Morgan fingerprint density at radius 2 is 2.00 bits per heavy atom. The molecule has 1 spiro atoms. The summed E-state index contributed by atoms with van der Waals surface area (Å²) in [5, 5.41) is 3.26. The molecule has 0 radical (unpaired) electrons.